The lowest BCUT2D eigenvalue weighted by Crippen LogP contribution is -2.51. The Balaban J connectivity index is 1.14. The van der Waals surface area contributed by atoms with Crippen molar-refractivity contribution in [2.45, 2.75) is 61.3 Å². The molecule has 1 spiro atoms. The van der Waals surface area contributed by atoms with E-state index in [0.29, 0.717) is 30.5 Å². The fourth-order valence-electron chi connectivity index (χ4n) is 5.46. The first kappa shape index (κ1) is 31.7. The minimum atomic E-state index is -5.69. The van der Waals surface area contributed by atoms with Gasteiger partial charge in [0.2, 0.25) is 0 Å². The van der Waals surface area contributed by atoms with Crippen LogP contribution >= 0.6 is 0 Å². The van der Waals surface area contributed by atoms with E-state index in [2.05, 4.69) is 9.72 Å². The van der Waals surface area contributed by atoms with E-state index in [-0.39, 0.29) is 24.6 Å². The number of amides is 1. The highest BCUT2D eigenvalue weighted by Crippen LogP contribution is 2.41. The Kier molecular flexibility index (Phi) is 8.88. The van der Waals surface area contributed by atoms with Crippen LogP contribution in [0.2, 0.25) is 0 Å². The summed E-state index contributed by atoms with van der Waals surface area (Å²) in [5, 5.41) is 0. The second-order valence-electron chi connectivity index (χ2n) is 11.2. The average Bonchev–Trinajstić information content (AvgIpc) is 2.97. The highest BCUT2D eigenvalue weighted by Gasteiger charge is 2.57. The largest absolute Gasteiger partial charge is 0.487 e. The number of carbonyl (C=O) groups is 1. The number of ether oxygens (including phenoxy) is 2. The van der Waals surface area contributed by atoms with Crippen molar-refractivity contribution in [1.82, 2.24) is 9.88 Å². The van der Waals surface area contributed by atoms with E-state index in [1.807, 2.05) is 30.3 Å². The van der Waals surface area contributed by atoms with Crippen molar-refractivity contribution < 1.29 is 44.6 Å². The van der Waals surface area contributed by atoms with Crippen molar-refractivity contribution in [3.05, 3.63) is 83.7 Å². The molecular weight excluding hydrogens is 607 g/mol. The number of benzene rings is 2. The van der Waals surface area contributed by atoms with Crippen LogP contribution in [0.25, 0.3) is 11.1 Å². The SMILES string of the molecule is O=C(OCCC(F)(F)C(F)(F)F)N1CCC2(CCc3cc(-c4ccc(CS(=O)(=O)Cc5ccccn5)cc4)ccc3O2)CC1. The van der Waals surface area contributed by atoms with E-state index >= 15 is 0 Å². The molecule has 0 unspecified atom stereocenters. The van der Waals surface area contributed by atoms with Crippen LogP contribution in [0.1, 0.15) is 42.5 Å². The smallest absolute Gasteiger partial charge is 0.453 e. The lowest BCUT2D eigenvalue weighted by atomic mass is 9.82. The second kappa shape index (κ2) is 12.3. The summed E-state index contributed by atoms with van der Waals surface area (Å²) in [6.45, 7) is -0.579. The van der Waals surface area contributed by atoms with Gasteiger partial charge >= 0.3 is 18.2 Å². The van der Waals surface area contributed by atoms with Crippen LogP contribution in [-0.2, 0) is 32.5 Å². The highest BCUT2D eigenvalue weighted by atomic mass is 32.2. The van der Waals surface area contributed by atoms with Crippen molar-refractivity contribution in [1.29, 1.82) is 0 Å². The quantitative estimate of drug-likeness (QED) is 0.254. The topological polar surface area (TPSA) is 85.8 Å². The van der Waals surface area contributed by atoms with Crippen LogP contribution in [-0.4, -0.2) is 61.8 Å². The first-order valence-electron chi connectivity index (χ1n) is 14.1. The molecule has 2 aliphatic heterocycles. The van der Waals surface area contributed by atoms with E-state index in [1.54, 1.807) is 36.5 Å². The fraction of sp³-hybridized carbons (Fsp3) is 0.419. The molecule has 1 aromatic heterocycles. The minimum absolute atomic E-state index is 0.0902. The van der Waals surface area contributed by atoms with Crippen LogP contribution in [0.5, 0.6) is 5.75 Å². The van der Waals surface area contributed by atoms with Gasteiger partial charge in [0.05, 0.1) is 30.2 Å². The number of carbonyl (C=O) groups excluding carboxylic acids is 1. The van der Waals surface area contributed by atoms with E-state index in [9.17, 15) is 35.2 Å². The van der Waals surface area contributed by atoms with Crippen LogP contribution in [0.3, 0.4) is 0 Å². The number of pyridine rings is 1. The molecule has 2 aliphatic rings. The summed E-state index contributed by atoms with van der Waals surface area (Å²) in [6, 6.07) is 18.4. The van der Waals surface area contributed by atoms with Gasteiger partial charge in [-0.3, -0.25) is 4.98 Å². The van der Waals surface area contributed by atoms with E-state index in [0.717, 1.165) is 28.9 Å². The number of rotatable bonds is 8. The molecule has 3 aromatic rings. The predicted octanol–water partition coefficient (Wildman–Crippen LogP) is 6.75. The number of piperidine rings is 1. The number of fused-ring (bicyclic) bond motifs is 1. The van der Waals surface area contributed by atoms with Gasteiger partial charge in [0.25, 0.3) is 0 Å². The number of sulfone groups is 1. The van der Waals surface area contributed by atoms with Crippen molar-refractivity contribution in [3.8, 4) is 16.9 Å². The molecule has 0 aliphatic carbocycles. The van der Waals surface area contributed by atoms with E-state index in [1.165, 1.54) is 4.90 Å². The van der Waals surface area contributed by atoms with Gasteiger partial charge in [-0.25, -0.2) is 13.2 Å². The van der Waals surface area contributed by atoms with Crippen molar-refractivity contribution in [2.75, 3.05) is 19.7 Å². The molecule has 236 valence electrons. The summed E-state index contributed by atoms with van der Waals surface area (Å²) >= 11 is 0. The van der Waals surface area contributed by atoms with Gasteiger partial charge in [-0.1, -0.05) is 36.4 Å². The van der Waals surface area contributed by atoms with Crippen molar-refractivity contribution >= 4 is 15.9 Å². The molecule has 0 atom stereocenters. The molecule has 1 saturated heterocycles. The molecule has 1 fully saturated rings. The number of likely N-dealkylation sites (tertiary alicyclic amines) is 1. The molecule has 0 radical (unpaired) electrons. The fourth-order valence-corrected chi connectivity index (χ4v) is 6.88. The molecule has 7 nitrogen and oxygen atoms in total. The maximum absolute atomic E-state index is 13.1. The Morgan fingerprint density at radius 1 is 0.932 bits per heavy atom. The summed E-state index contributed by atoms with van der Waals surface area (Å²) in [4.78, 5) is 17.6. The molecule has 1 amide bonds. The van der Waals surface area contributed by atoms with Crippen LogP contribution in [0.15, 0.2) is 66.9 Å². The molecule has 5 rings (SSSR count). The van der Waals surface area contributed by atoms with Crippen LogP contribution < -0.4 is 4.74 Å². The van der Waals surface area contributed by atoms with Crippen LogP contribution in [0, 0.1) is 0 Å². The van der Waals surface area contributed by atoms with Crippen molar-refractivity contribution in [2.24, 2.45) is 0 Å². The molecular formula is C31H31F5N2O5S. The number of halogens is 5. The van der Waals surface area contributed by atoms with Gasteiger partial charge in [0.1, 0.15) is 11.4 Å². The molecule has 44 heavy (non-hydrogen) atoms. The summed E-state index contributed by atoms with van der Waals surface area (Å²) in [7, 11) is -3.39. The third-order valence-corrected chi connectivity index (χ3v) is 9.50. The Labute approximate surface area is 251 Å². The Morgan fingerprint density at radius 2 is 1.64 bits per heavy atom. The molecule has 2 aromatic carbocycles. The van der Waals surface area contributed by atoms with Gasteiger partial charge < -0.3 is 14.4 Å². The third kappa shape index (κ3) is 7.48. The van der Waals surface area contributed by atoms with Gasteiger partial charge in [0, 0.05) is 32.1 Å². The molecule has 0 saturated carbocycles. The zero-order valence-corrected chi connectivity index (χ0v) is 24.5. The Hall–Kier alpha value is -3.74. The van der Waals surface area contributed by atoms with Gasteiger partial charge in [-0.05, 0) is 59.4 Å². The lowest BCUT2D eigenvalue weighted by Gasteiger charge is -2.44. The predicted molar refractivity (Wildman–Crippen MR) is 152 cm³/mol. The number of hydrogen-bond donors (Lipinski definition) is 0. The average molecular weight is 639 g/mol. The summed E-state index contributed by atoms with van der Waals surface area (Å²) in [6.07, 6.45) is -4.32. The standard InChI is InChI=1S/C31H31F5N2O5S/c32-30(33,31(34,35)36)14-18-42-28(39)38-16-12-29(13-17-38)11-10-25-19-24(8-9-27(25)43-29)23-6-4-22(5-7-23)20-44(40,41)21-26-3-1-2-15-37-26/h1-9,15,19H,10-14,16-18,20-21H2. The zero-order valence-electron chi connectivity index (χ0n) is 23.7. The summed E-state index contributed by atoms with van der Waals surface area (Å²) < 4.78 is 99.4. The first-order chi connectivity index (χ1) is 20.7. The Bertz CT molecular complexity index is 1570. The lowest BCUT2D eigenvalue weighted by molar-refractivity contribution is -0.286. The number of nitrogens with zero attached hydrogens (tertiary/aromatic N) is 2. The normalized spacial score (nSPS) is 16.7. The maximum Gasteiger partial charge on any atom is 0.453 e. The number of aromatic nitrogens is 1. The Morgan fingerprint density at radius 3 is 2.30 bits per heavy atom. The van der Waals surface area contributed by atoms with Crippen LogP contribution in [0.4, 0.5) is 26.7 Å². The van der Waals surface area contributed by atoms with Gasteiger partial charge in [-0.15, -0.1) is 0 Å². The summed E-state index contributed by atoms with van der Waals surface area (Å²) in [5.41, 5.74) is 3.57. The number of hydrogen-bond acceptors (Lipinski definition) is 6. The van der Waals surface area contributed by atoms with Gasteiger partial charge in [0.15, 0.2) is 9.84 Å². The zero-order chi connectivity index (χ0) is 31.6. The summed E-state index contributed by atoms with van der Waals surface area (Å²) in [5.74, 6) is -4.41. The molecule has 0 N–H and O–H groups in total. The molecule has 3 heterocycles. The molecule has 0 bridgehead atoms. The van der Waals surface area contributed by atoms with Crippen molar-refractivity contribution in [3.63, 3.8) is 0 Å². The number of aryl methyl sites for hydroxylation is 1. The molecule has 13 heteroatoms. The van der Waals surface area contributed by atoms with Gasteiger partial charge in [-0.2, -0.15) is 22.0 Å². The number of alkyl halides is 5. The highest BCUT2D eigenvalue weighted by molar-refractivity contribution is 7.89. The maximum atomic E-state index is 13.1. The third-order valence-electron chi connectivity index (χ3n) is 7.99. The second-order valence-corrected chi connectivity index (χ2v) is 13.3. The minimum Gasteiger partial charge on any atom is -0.487 e. The monoisotopic (exact) mass is 638 g/mol. The van der Waals surface area contributed by atoms with E-state index < -0.39 is 46.7 Å². The first-order valence-corrected chi connectivity index (χ1v) is 15.9. The van der Waals surface area contributed by atoms with E-state index in [4.69, 9.17) is 4.74 Å².